The first-order chi connectivity index (χ1) is 13.5. The van der Waals surface area contributed by atoms with E-state index in [0.717, 1.165) is 42.7 Å². The molecular weight excluding hydrogens is 354 g/mol. The van der Waals surface area contributed by atoms with E-state index in [1.165, 1.54) is 0 Å². The normalized spacial score (nSPS) is 17.5. The number of fused-ring (bicyclic) bond motifs is 1. The Morgan fingerprint density at radius 3 is 2.68 bits per heavy atom. The maximum atomic E-state index is 12.5. The molecule has 0 aliphatic carbocycles. The number of nitrogens with two attached hydrogens (primary N) is 1. The Bertz CT molecular complexity index is 1020. The molecule has 1 fully saturated rings. The second-order valence-corrected chi connectivity index (χ2v) is 7.32. The number of likely N-dealkylation sites (tertiary alicyclic amines) is 1. The molecular formula is C21H23N5O2. The van der Waals surface area contributed by atoms with Gasteiger partial charge in [0.2, 0.25) is 5.91 Å². The van der Waals surface area contributed by atoms with Gasteiger partial charge in [0.25, 0.3) is 5.91 Å². The van der Waals surface area contributed by atoms with Crippen molar-refractivity contribution in [1.29, 1.82) is 0 Å². The minimum Gasteiger partial charge on any atom is -0.366 e. The molecule has 2 aromatic carbocycles. The van der Waals surface area contributed by atoms with Crippen LogP contribution in [0.1, 0.15) is 23.2 Å². The van der Waals surface area contributed by atoms with Crippen molar-refractivity contribution in [2.75, 3.05) is 25.5 Å². The van der Waals surface area contributed by atoms with Crippen LogP contribution in [0.4, 0.5) is 5.69 Å². The molecule has 7 nitrogen and oxygen atoms in total. The van der Waals surface area contributed by atoms with Gasteiger partial charge in [-0.2, -0.15) is 5.10 Å². The Morgan fingerprint density at radius 2 is 1.96 bits per heavy atom. The van der Waals surface area contributed by atoms with E-state index in [1.807, 2.05) is 43.6 Å². The lowest BCUT2D eigenvalue weighted by atomic mass is 9.97. The number of nitrogens with one attached hydrogen (secondary N) is 1. The second-order valence-electron chi connectivity index (χ2n) is 7.32. The summed E-state index contributed by atoms with van der Waals surface area (Å²) in [5, 5.41) is 8.35. The molecule has 1 aliphatic heterocycles. The van der Waals surface area contributed by atoms with Crippen molar-refractivity contribution in [3.63, 3.8) is 0 Å². The Labute approximate surface area is 163 Å². The SMILES string of the molecule is CN1CCC[C@H](C(=O)Nc2ccc(-n3cc4cccc(C(N)=O)c4n3)cc2)C1. The monoisotopic (exact) mass is 377 g/mol. The van der Waals surface area contributed by atoms with Crippen LogP contribution < -0.4 is 11.1 Å². The molecule has 144 valence electrons. The van der Waals surface area contributed by atoms with E-state index in [-0.39, 0.29) is 11.8 Å². The number of carbonyl (C=O) groups is 2. The lowest BCUT2D eigenvalue weighted by Crippen LogP contribution is -2.38. The van der Waals surface area contributed by atoms with Gasteiger partial charge in [0.15, 0.2) is 0 Å². The molecule has 1 saturated heterocycles. The molecule has 1 atom stereocenters. The third-order valence-corrected chi connectivity index (χ3v) is 5.20. The second kappa shape index (κ2) is 7.44. The van der Waals surface area contributed by atoms with Gasteiger partial charge in [0.1, 0.15) is 5.52 Å². The van der Waals surface area contributed by atoms with Gasteiger partial charge in [-0.3, -0.25) is 9.59 Å². The van der Waals surface area contributed by atoms with Crippen LogP contribution in [0.2, 0.25) is 0 Å². The van der Waals surface area contributed by atoms with E-state index in [4.69, 9.17) is 5.73 Å². The van der Waals surface area contributed by atoms with Gasteiger partial charge in [-0.05, 0) is 56.8 Å². The standard InChI is InChI=1S/C21H23N5O2/c1-25-11-3-5-15(12-25)21(28)23-16-7-9-17(10-8-16)26-13-14-4-2-6-18(20(22)27)19(14)24-26/h2,4,6-10,13,15H,3,5,11-12H2,1H3,(H2,22,27)(H,23,28)/t15-/m0/s1. The van der Waals surface area contributed by atoms with E-state index < -0.39 is 5.91 Å². The molecule has 0 bridgehead atoms. The van der Waals surface area contributed by atoms with Gasteiger partial charge >= 0.3 is 0 Å². The zero-order valence-corrected chi connectivity index (χ0v) is 15.8. The fourth-order valence-electron chi connectivity index (χ4n) is 3.70. The number of amides is 2. The van der Waals surface area contributed by atoms with Crippen molar-refractivity contribution < 1.29 is 9.59 Å². The molecule has 4 rings (SSSR count). The number of carbonyl (C=O) groups excluding carboxylic acids is 2. The summed E-state index contributed by atoms with van der Waals surface area (Å²) in [6.45, 7) is 1.85. The van der Waals surface area contributed by atoms with Crippen LogP contribution in [0.3, 0.4) is 0 Å². The highest BCUT2D eigenvalue weighted by molar-refractivity contribution is 6.04. The van der Waals surface area contributed by atoms with E-state index in [0.29, 0.717) is 11.1 Å². The Kier molecular flexibility index (Phi) is 4.83. The minimum atomic E-state index is -0.498. The Balaban J connectivity index is 1.52. The van der Waals surface area contributed by atoms with E-state index in [9.17, 15) is 9.59 Å². The molecule has 1 aromatic heterocycles. The number of hydrogen-bond acceptors (Lipinski definition) is 4. The molecule has 0 unspecified atom stereocenters. The summed E-state index contributed by atoms with van der Waals surface area (Å²) < 4.78 is 1.71. The average molecular weight is 377 g/mol. The lowest BCUT2D eigenvalue weighted by molar-refractivity contribution is -0.121. The largest absolute Gasteiger partial charge is 0.366 e. The summed E-state index contributed by atoms with van der Waals surface area (Å²) in [5.41, 5.74) is 8.01. The fourth-order valence-corrected chi connectivity index (χ4v) is 3.70. The molecule has 2 heterocycles. The number of hydrogen-bond donors (Lipinski definition) is 2. The zero-order valence-electron chi connectivity index (χ0n) is 15.8. The van der Waals surface area contributed by atoms with Crippen molar-refractivity contribution in [1.82, 2.24) is 14.7 Å². The Morgan fingerprint density at radius 1 is 1.18 bits per heavy atom. The minimum absolute atomic E-state index is 0.0297. The summed E-state index contributed by atoms with van der Waals surface area (Å²) in [6, 6.07) is 12.8. The van der Waals surface area contributed by atoms with Crippen molar-refractivity contribution in [3.8, 4) is 5.69 Å². The number of rotatable bonds is 4. The van der Waals surface area contributed by atoms with Gasteiger partial charge in [-0.15, -0.1) is 0 Å². The first-order valence-electron chi connectivity index (χ1n) is 9.39. The maximum absolute atomic E-state index is 12.5. The van der Waals surface area contributed by atoms with Gasteiger partial charge in [-0.1, -0.05) is 12.1 Å². The average Bonchev–Trinajstić information content (AvgIpc) is 3.12. The van der Waals surface area contributed by atoms with Crippen LogP contribution in [-0.4, -0.2) is 46.6 Å². The van der Waals surface area contributed by atoms with Crippen LogP contribution >= 0.6 is 0 Å². The first-order valence-corrected chi connectivity index (χ1v) is 9.39. The Hall–Kier alpha value is -3.19. The quantitative estimate of drug-likeness (QED) is 0.730. The van der Waals surface area contributed by atoms with Gasteiger partial charge in [0.05, 0.1) is 17.2 Å². The highest BCUT2D eigenvalue weighted by atomic mass is 16.2. The van der Waals surface area contributed by atoms with E-state index >= 15 is 0 Å². The van der Waals surface area contributed by atoms with Gasteiger partial charge in [0, 0.05) is 23.8 Å². The summed E-state index contributed by atoms with van der Waals surface area (Å²) in [6.07, 6.45) is 3.83. The van der Waals surface area contributed by atoms with Crippen LogP contribution in [0.25, 0.3) is 16.6 Å². The smallest absolute Gasteiger partial charge is 0.250 e. The third-order valence-electron chi connectivity index (χ3n) is 5.20. The topological polar surface area (TPSA) is 93.3 Å². The highest BCUT2D eigenvalue weighted by Crippen LogP contribution is 2.21. The number of nitrogens with zero attached hydrogens (tertiary/aromatic N) is 3. The molecule has 7 heteroatoms. The molecule has 28 heavy (non-hydrogen) atoms. The first kappa shape index (κ1) is 18.2. The summed E-state index contributed by atoms with van der Waals surface area (Å²) in [7, 11) is 2.05. The number of primary amides is 1. The molecule has 0 spiro atoms. The maximum Gasteiger partial charge on any atom is 0.250 e. The molecule has 1 aliphatic rings. The van der Waals surface area contributed by atoms with Crippen molar-refractivity contribution >= 4 is 28.4 Å². The number of aromatic nitrogens is 2. The molecule has 0 saturated carbocycles. The van der Waals surface area contributed by atoms with Crippen molar-refractivity contribution in [3.05, 3.63) is 54.2 Å². The third kappa shape index (κ3) is 3.61. The van der Waals surface area contributed by atoms with Crippen LogP contribution in [0, 0.1) is 5.92 Å². The van der Waals surface area contributed by atoms with Gasteiger partial charge < -0.3 is 16.0 Å². The molecule has 3 N–H and O–H groups in total. The number of benzene rings is 2. The van der Waals surface area contributed by atoms with Crippen LogP contribution in [0.5, 0.6) is 0 Å². The van der Waals surface area contributed by atoms with E-state index in [1.54, 1.807) is 16.8 Å². The molecule has 0 radical (unpaired) electrons. The summed E-state index contributed by atoms with van der Waals surface area (Å²) in [4.78, 5) is 26.3. The fraction of sp³-hybridized carbons (Fsp3) is 0.286. The van der Waals surface area contributed by atoms with Crippen molar-refractivity contribution in [2.45, 2.75) is 12.8 Å². The van der Waals surface area contributed by atoms with Crippen LogP contribution in [-0.2, 0) is 4.79 Å². The van der Waals surface area contributed by atoms with E-state index in [2.05, 4.69) is 15.3 Å². The van der Waals surface area contributed by atoms with Crippen LogP contribution in [0.15, 0.2) is 48.7 Å². The molecule has 3 aromatic rings. The molecule has 2 amide bonds. The predicted octanol–water partition coefficient (Wildman–Crippen LogP) is 2.40. The highest BCUT2D eigenvalue weighted by Gasteiger charge is 2.23. The zero-order chi connectivity index (χ0) is 19.7. The predicted molar refractivity (Wildman–Crippen MR) is 108 cm³/mol. The summed E-state index contributed by atoms with van der Waals surface area (Å²) in [5.74, 6) is -0.403. The number of piperidine rings is 1. The van der Waals surface area contributed by atoms with Crippen molar-refractivity contribution in [2.24, 2.45) is 11.7 Å². The summed E-state index contributed by atoms with van der Waals surface area (Å²) >= 11 is 0. The lowest BCUT2D eigenvalue weighted by Gasteiger charge is -2.28. The number of anilines is 1. The van der Waals surface area contributed by atoms with Gasteiger partial charge in [-0.25, -0.2) is 4.68 Å².